The number of rotatable bonds is 5. The molecule has 0 saturated carbocycles. The fourth-order valence-electron chi connectivity index (χ4n) is 5.08. The van der Waals surface area contributed by atoms with Gasteiger partial charge in [-0.3, -0.25) is 19.6 Å². The summed E-state index contributed by atoms with van der Waals surface area (Å²) in [4.78, 5) is 50.5. The van der Waals surface area contributed by atoms with Crippen LogP contribution in [0.1, 0.15) is 32.8 Å². The Morgan fingerprint density at radius 1 is 0.925 bits per heavy atom. The molecule has 10 heteroatoms. The summed E-state index contributed by atoms with van der Waals surface area (Å²) in [5.74, 6) is 0.519. The normalized spacial score (nSPS) is 16.5. The summed E-state index contributed by atoms with van der Waals surface area (Å²) in [7, 11) is 1.60. The lowest BCUT2D eigenvalue weighted by molar-refractivity contribution is -0.129. The highest BCUT2D eigenvalue weighted by atomic mass is 16.6. The van der Waals surface area contributed by atoms with Crippen molar-refractivity contribution in [2.75, 3.05) is 49.6 Å². The van der Waals surface area contributed by atoms with E-state index in [2.05, 4.69) is 9.88 Å². The molecule has 2 aliphatic rings. The lowest BCUT2D eigenvalue weighted by atomic mass is 10.1. The van der Waals surface area contributed by atoms with Gasteiger partial charge in [-0.05, 0) is 50.6 Å². The number of aromatic nitrogens is 1. The van der Waals surface area contributed by atoms with Crippen molar-refractivity contribution in [3.63, 3.8) is 0 Å². The van der Waals surface area contributed by atoms with E-state index in [1.807, 2.05) is 69.3 Å². The SMILES string of the molecule is COc1ccc(CN2C(=O)CCN(c3ccnc4c(N5CCN(C(=O)OC(C)(C)C)CC5)cccc34)C2=O)cc1. The molecule has 3 aromatic rings. The third-order valence-corrected chi connectivity index (χ3v) is 7.10. The number of ether oxygens (including phenoxy) is 2. The van der Waals surface area contributed by atoms with Gasteiger partial charge in [-0.1, -0.05) is 24.3 Å². The lowest BCUT2D eigenvalue weighted by Gasteiger charge is -2.37. The molecule has 210 valence electrons. The molecule has 0 aliphatic carbocycles. The van der Waals surface area contributed by atoms with Crippen LogP contribution in [0.2, 0.25) is 0 Å². The molecule has 0 N–H and O–H groups in total. The first-order valence-corrected chi connectivity index (χ1v) is 13.5. The first kappa shape index (κ1) is 27.2. The highest BCUT2D eigenvalue weighted by Crippen LogP contribution is 2.34. The van der Waals surface area contributed by atoms with Crippen LogP contribution in [-0.2, 0) is 16.1 Å². The zero-order chi connectivity index (χ0) is 28.4. The number of hydrogen-bond donors (Lipinski definition) is 0. The maximum atomic E-state index is 13.6. The summed E-state index contributed by atoms with van der Waals surface area (Å²) in [6, 6.07) is 14.7. The lowest BCUT2D eigenvalue weighted by Crippen LogP contribution is -2.52. The van der Waals surface area contributed by atoms with Gasteiger partial charge >= 0.3 is 12.1 Å². The number of nitrogens with zero attached hydrogens (tertiary/aromatic N) is 5. The Morgan fingerprint density at radius 2 is 1.65 bits per heavy atom. The number of fused-ring (bicyclic) bond motifs is 1. The molecule has 40 heavy (non-hydrogen) atoms. The number of hydrogen-bond acceptors (Lipinski definition) is 7. The fraction of sp³-hybridized carbons (Fsp3) is 0.400. The Morgan fingerprint density at radius 3 is 2.33 bits per heavy atom. The summed E-state index contributed by atoms with van der Waals surface area (Å²) < 4.78 is 10.7. The Balaban J connectivity index is 1.36. The molecule has 2 saturated heterocycles. The zero-order valence-corrected chi connectivity index (χ0v) is 23.4. The Kier molecular flexibility index (Phi) is 7.51. The first-order valence-electron chi connectivity index (χ1n) is 13.5. The van der Waals surface area contributed by atoms with Gasteiger partial charge in [-0.25, -0.2) is 9.59 Å². The molecule has 3 heterocycles. The fourth-order valence-corrected chi connectivity index (χ4v) is 5.08. The van der Waals surface area contributed by atoms with Crippen LogP contribution in [0.3, 0.4) is 0 Å². The number of carbonyl (C=O) groups excluding carboxylic acids is 3. The van der Waals surface area contributed by atoms with E-state index < -0.39 is 5.60 Å². The minimum atomic E-state index is -0.537. The van der Waals surface area contributed by atoms with Gasteiger partial charge in [0.15, 0.2) is 0 Å². The second-order valence-electron chi connectivity index (χ2n) is 11.0. The molecule has 4 amide bonds. The van der Waals surface area contributed by atoms with Crippen LogP contribution in [-0.4, -0.2) is 78.2 Å². The second kappa shape index (κ2) is 11.0. The molecule has 2 aromatic carbocycles. The van der Waals surface area contributed by atoms with Crippen molar-refractivity contribution < 1.29 is 23.9 Å². The van der Waals surface area contributed by atoms with E-state index in [-0.39, 0.29) is 31.0 Å². The number of para-hydroxylation sites is 1. The Hall–Kier alpha value is -4.34. The maximum Gasteiger partial charge on any atom is 0.410 e. The van der Waals surface area contributed by atoms with Crippen molar-refractivity contribution in [1.29, 1.82) is 0 Å². The smallest absolute Gasteiger partial charge is 0.410 e. The zero-order valence-electron chi connectivity index (χ0n) is 23.4. The average molecular weight is 546 g/mol. The molecule has 0 unspecified atom stereocenters. The van der Waals surface area contributed by atoms with Gasteiger partial charge in [0.1, 0.15) is 11.4 Å². The molecule has 2 fully saturated rings. The molecule has 0 spiro atoms. The molecule has 0 radical (unpaired) electrons. The topological polar surface area (TPSA) is 95.5 Å². The van der Waals surface area contributed by atoms with Crippen molar-refractivity contribution in [1.82, 2.24) is 14.8 Å². The molecule has 0 bridgehead atoms. The van der Waals surface area contributed by atoms with Gasteiger partial charge in [0.25, 0.3) is 0 Å². The third kappa shape index (κ3) is 5.66. The Labute approximate surface area is 234 Å². The van der Waals surface area contributed by atoms with E-state index in [4.69, 9.17) is 9.47 Å². The number of anilines is 2. The van der Waals surface area contributed by atoms with Gasteiger partial charge in [-0.2, -0.15) is 0 Å². The number of piperazine rings is 1. The average Bonchev–Trinajstić information content (AvgIpc) is 2.94. The van der Waals surface area contributed by atoms with E-state index in [1.165, 1.54) is 4.90 Å². The number of amides is 4. The number of carbonyl (C=O) groups is 3. The van der Waals surface area contributed by atoms with Gasteiger partial charge in [0, 0.05) is 50.7 Å². The van der Waals surface area contributed by atoms with Crippen LogP contribution < -0.4 is 14.5 Å². The summed E-state index contributed by atoms with van der Waals surface area (Å²) in [6.07, 6.45) is 1.64. The number of methoxy groups -OCH3 is 1. The number of pyridine rings is 1. The van der Waals surface area contributed by atoms with Crippen molar-refractivity contribution in [2.24, 2.45) is 0 Å². The molecule has 10 nitrogen and oxygen atoms in total. The standard InChI is InChI=1S/C30H35N5O5/c1-30(2,3)40-29(38)33-18-16-32(17-19-33)25-7-5-6-23-24(12-14-31-27(23)25)34-15-13-26(36)35(28(34)37)20-21-8-10-22(39-4)11-9-21/h5-12,14H,13,15-20H2,1-4H3. The number of benzene rings is 2. The van der Waals surface area contributed by atoms with Gasteiger partial charge < -0.3 is 19.3 Å². The largest absolute Gasteiger partial charge is 0.497 e. The van der Waals surface area contributed by atoms with Crippen molar-refractivity contribution in [3.05, 3.63) is 60.3 Å². The van der Waals surface area contributed by atoms with Crippen molar-refractivity contribution in [3.8, 4) is 5.75 Å². The van der Waals surface area contributed by atoms with Crippen LogP contribution >= 0.6 is 0 Å². The van der Waals surface area contributed by atoms with Gasteiger partial charge in [0.2, 0.25) is 5.91 Å². The second-order valence-corrected chi connectivity index (χ2v) is 11.0. The molecular weight excluding hydrogens is 510 g/mol. The predicted molar refractivity (Wildman–Crippen MR) is 153 cm³/mol. The van der Waals surface area contributed by atoms with E-state index in [1.54, 1.807) is 23.1 Å². The number of urea groups is 1. The van der Waals surface area contributed by atoms with E-state index in [9.17, 15) is 14.4 Å². The maximum absolute atomic E-state index is 13.6. The van der Waals surface area contributed by atoms with Crippen molar-refractivity contribution >= 4 is 40.3 Å². The van der Waals surface area contributed by atoms with Crippen LogP contribution in [0.25, 0.3) is 10.9 Å². The third-order valence-electron chi connectivity index (χ3n) is 7.10. The minimum absolute atomic E-state index is 0.189. The molecule has 1 aromatic heterocycles. The van der Waals surface area contributed by atoms with Crippen LogP contribution in [0.5, 0.6) is 5.75 Å². The summed E-state index contributed by atoms with van der Waals surface area (Å²) in [5.41, 5.74) is 2.74. The first-order chi connectivity index (χ1) is 19.1. The van der Waals surface area contributed by atoms with E-state index >= 15 is 0 Å². The summed E-state index contributed by atoms with van der Waals surface area (Å²) in [6.45, 7) is 8.43. The monoisotopic (exact) mass is 545 g/mol. The summed E-state index contributed by atoms with van der Waals surface area (Å²) in [5, 5.41) is 0.835. The summed E-state index contributed by atoms with van der Waals surface area (Å²) >= 11 is 0. The molecule has 2 aliphatic heterocycles. The predicted octanol–water partition coefficient (Wildman–Crippen LogP) is 4.66. The van der Waals surface area contributed by atoms with Crippen LogP contribution in [0.15, 0.2) is 54.7 Å². The highest BCUT2D eigenvalue weighted by Gasteiger charge is 2.34. The quantitative estimate of drug-likeness (QED) is 0.460. The minimum Gasteiger partial charge on any atom is -0.497 e. The molecule has 5 rings (SSSR count). The van der Waals surface area contributed by atoms with Crippen molar-refractivity contribution in [2.45, 2.75) is 39.3 Å². The Bertz CT molecular complexity index is 1410. The van der Waals surface area contributed by atoms with Crippen LogP contribution in [0, 0.1) is 0 Å². The van der Waals surface area contributed by atoms with E-state index in [0.717, 1.165) is 27.8 Å². The van der Waals surface area contributed by atoms with Gasteiger partial charge in [-0.15, -0.1) is 0 Å². The van der Waals surface area contributed by atoms with Crippen LogP contribution in [0.4, 0.5) is 21.0 Å². The van der Waals surface area contributed by atoms with E-state index in [0.29, 0.717) is 38.5 Å². The highest BCUT2D eigenvalue weighted by molar-refractivity contribution is 6.10. The molecular formula is C30H35N5O5. The van der Waals surface area contributed by atoms with Gasteiger partial charge in [0.05, 0.1) is 30.5 Å². The molecule has 0 atom stereocenters. The number of imide groups is 1.